The van der Waals surface area contributed by atoms with Crippen LogP contribution in [-0.2, 0) is 14.1 Å². The van der Waals surface area contributed by atoms with Gasteiger partial charge in [0.05, 0.1) is 17.6 Å². The Hall–Kier alpha value is -1.57. The second-order valence-electron chi connectivity index (χ2n) is 12.1. The predicted molar refractivity (Wildman–Crippen MR) is 132 cm³/mol. The third-order valence-corrected chi connectivity index (χ3v) is 9.24. The summed E-state index contributed by atoms with van der Waals surface area (Å²) in [4.78, 5) is 26.2. The predicted octanol–water partition coefficient (Wildman–Crippen LogP) is 4.40. The molecular weight excluding hydrogens is 451 g/mol. The molecule has 8 heteroatoms. The van der Waals surface area contributed by atoms with Crippen LogP contribution < -0.4 is 10.6 Å². The van der Waals surface area contributed by atoms with Gasteiger partial charge in [-0.1, -0.05) is 39.3 Å². The minimum atomic E-state index is -0.870. The van der Waals surface area contributed by atoms with Gasteiger partial charge in [-0.25, -0.2) is 0 Å². The van der Waals surface area contributed by atoms with Gasteiger partial charge in [0.1, 0.15) is 5.54 Å². The highest BCUT2D eigenvalue weighted by Crippen LogP contribution is 2.65. The second-order valence-corrected chi connectivity index (χ2v) is 12.5. The van der Waals surface area contributed by atoms with E-state index in [-0.39, 0.29) is 34.9 Å². The quantitative estimate of drug-likeness (QED) is 0.560. The first-order valence-corrected chi connectivity index (χ1v) is 13.0. The number of hydrogen-bond acceptors (Lipinski definition) is 4. The Morgan fingerprint density at radius 3 is 2.41 bits per heavy atom. The summed E-state index contributed by atoms with van der Waals surface area (Å²) < 4.78 is 13.1. The molecule has 4 aliphatic carbocycles. The average Bonchev–Trinajstić information content (AvgIpc) is 3.45. The fourth-order valence-electron chi connectivity index (χ4n) is 6.55. The molecule has 4 saturated carbocycles. The van der Waals surface area contributed by atoms with Gasteiger partial charge in [-0.15, -0.1) is 0 Å². The first kappa shape index (κ1) is 24.1. The molecule has 0 unspecified atom stereocenters. The highest BCUT2D eigenvalue weighted by Gasteiger charge is 2.68. The Morgan fingerprint density at radius 2 is 1.82 bits per heavy atom. The third kappa shape index (κ3) is 3.98. The van der Waals surface area contributed by atoms with Crippen molar-refractivity contribution in [2.45, 2.75) is 89.9 Å². The molecule has 6 rings (SSSR count). The fourth-order valence-corrected chi connectivity index (χ4v) is 6.67. The molecule has 1 aliphatic heterocycles. The molecule has 1 saturated heterocycles. The maximum absolute atomic E-state index is 13.4. The van der Waals surface area contributed by atoms with Gasteiger partial charge in [-0.3, -0.25) is 9.59 Å². The van der Waals surface area contributed by atoms with Gasteiger partial charge in [0.15, 0.2) is 0 Å². The van der Waals surface area contributed by atoms with Crippen LogP contribution in [0.4, 0.5) is 0 Å². The molecule has 2 N–H and O–H groups in total. The summed E-state index contributed by atoms with van der Waals surface area (Å²) in [5, 5.41) is 6.74. The maximum atomic E-state index is 13.4. The Kier molecular flexibility index (Phi) is 5.85. The molecule has 5 atom stereocenters. The van der Waals surface area contributed by atoms with E-state index >= 15 is 0 Å². The molecular formula is C26H36BClN2O4. The van der Waals surface area contributed by atoms with E-state index in [1.807, 2.05) is 0 Å². The van der Waals surface area contributed by atoms with Crippen LogP contribution in [0, 0.1) is 23.2 Å². The van der Waals surface area contributed by atoms with Crippen molar-refractivity contribution >= 4 is 30.5 Å². The van der Waals surface area contributed by atoms with Crippen molar-refractivity contribution in [1.29, 1.82) is 0 Å². The molecule has 2 amide bonds. The van der Waals surface area contributed by atoms with Crippen molar-refractivity contribution < 1.29 is 18.9 Å². The number of amides is 2. The van der Waals surface area contributed by atoms with Crippen LogP contribution >= 0.6 is 11.6 Å². The summed E-state index contributed by atoms with van der Waals surface area (Å²) in [6.45, 7) is 11.2. The molecule has 0 radical (unpaired) electrons. The van der Waals surface area contributed by atoms with Crippen LogP contribution in [0.25, 0.3) is 0 Å². The Labute approximate surface area is 208 Å². The molecule has 2 bridgehead atoms. The van der Waals surface area contributed by atoms with Crippen molar-refractivity contribution in [2.75, 3.05) is 0 Å². The van der Waals surface area contributed by atoms with E-state index in [1.54, 1.807) is 24.3 Å². The van der Waals surface area contributed by atoms with Crippen molar-refractivity contribution in [2.24, 2.45) is 23.2 Å². The van der Waals surface area contributed by atoms with E-state index in [1.165, 1.54) is 6.42 Å². The zero-order chi connectivity index (χ0) is 24.5. The summed E-state index contributed by atoms with van der Waals surface area (Å²) in [5.41, 5.74) is -0.429. The number of hydrogen-bond donors (Lipinski definition) is 2. The molecule has 6 nitrogen and oxygen atoms in total. The lowest BCUT2D eigenvalue weighted by Crippen LogP contribution is -2.65. The minimum absolute atomic E-state index is 0.0698. The molecule has 1 aromatic rings. The normalized spacial score (nSPS) is 33.0. The Bertz CT molecular complexity index is 980. The number of carbonyl (C=O) groups is 2. The second kappa shape index (κ2) is 8.24. The number of nitrogens with one attached hydrogen (secondary N) is 2. The van der Waals surface area contributed by atoms with Crippen LogP contribution in [0.5, 0.6) is 0 Å². The smallest absolute Gasteiger partial charge is 0.404 e. The van der Waals surface area contributed by atoms with E-state index in [4.69, 9.17) is 20.9 Å². The van der Waals surface area contributed by atoms with E-state index in [0.717, 1.165) is 12.8 Å². The zero-order valence-electron chi connectivity index (χ0n) is 20.8. The first-order valence-electron chi connectivity index (χ1n) is 12.7. The van der Waals surface area contributed by atoms with Gasteiger partial charge in [-0.05, 0) is 86.5 Å². The van der Waals surface area contributed by atoms with E-state index in [2.05, 4.69) is 45.3 Å². The van der Waals surface area contributed by atoms with E-state index in [9.17, 15) is 9.59 Å². The van der Waals surface area contributed by atoms with E-state index < -0.39 is 12.7 Å². The summed E-state index contributed by atoms with van der Waals surface area (Å²) in [7, 11) is -0.473. The summed E-state index contributed by atoms with van der Waals surface area (Å²) in [6.07, 6.45) is 4.27. The lowest BCUT2D eigenvalue weighted by Gasteiger charge is -2.64. The highest BCUT2D eigenvalue weighted by atomic mass is 35.5. The number of carbonyl (C=O) groups excluding carboxylic acids is 2. The van der Waals surface area contributed by atoms with Crippen LogP contribution in [-0.4, -0.2) is 42.1 Å². The molecule has 5 aliphatic rings. The number of halogens is 1. The topological polar surface area (TPSA) is 76.7 Å². The molecule has 0 aromatic heterocycles. The summed E-state index contributed by atoms with van der Waals surface area (Å²) >= 11 is 5.94. The van der Waals surface area contributed by atoms with Crippen LogP contribution in [0.3, 0.4) is 0 Å². The Morgan fingerprint density at radius 1 is 1.15 bits per heavy atom. The van der Waals surface area contributed by atoms with Crippen LogP contribution in [0.15, 0.2) is 24.3 Å². The lowest BCUT2D eigenvalue weighted by molar-refractivity contribution is -0.199. The largest absolute Gasteiger partial charge is 0.481 e. The highest BCUT2D eigenvalue weighted by molar-refractivity contribution is 6.48. The molecule has 0 spiro atoms. The average molecular weight is 487 g/mol. The zero-order valence-corrected chi connectivity index (χ0v) is 21.6. The van der Waals surface area contributed by atoms with Crippen molar-refractivity contribution in [3.8, 4) is 0 Å². The lowest BCUT2D eigenvalue weighted by atomic mass is 9.43. The Balaban J connectivity index is 1.28. The van der Waals surface area contributed by atoms with Crippen molar-refractivity contribution in [3.63, 3.8) is 0 Å². The van der Waals surface area contributed by atoms with Crippen LogP contribution in [0.2, 0.25) is 5.02 Å². The molecule has 1 heterocycles. The SMILES string of the molecule is CC(C)C[C@H](NC(=O)C1(NC(=O)c2ccc(Cl)cc2)CC1)B1O[C@@H]2C[C@@H]3C[C@@H](C3(C)C)[C@]2(C)O1. The first-order chi connectivity index (χ1) is 15.9. The molecule has 5 fully saturated rings. The maximum Gasteiger partial charge on any atom is 0.481 e. The third-order valence-electron chi connectivity index (χ3n) is 8.98. The minimum Gasteiger partial charge on any atom is -0.404 e. The van der Waals surface area contributed by atoms with Gasteiger partial charge < -0.3 is 19.9 Å². The van der Waals surface area contributed by atoms with E-state index in [0.29, 0.717) is 41.2 Å². The standard InChI is InChI=1S/C26H36BClN2O4/c1-15(2)12-21(27-33-20-14-17-13-19(24(17,3)4)25(20,5)34-27)29-23(32)26(10-11-26)30-22(31)16-6-8-18(28)9-7-16/h6-9,15,17,19-21H,10-14H2,1-5H3,(H,29,32)(H,30,31)/t17-,19-,20+,21-,25-/m0/s1. The van der Waals surface area contributed by atoms with Gasteiger partial charge in [0.2, 0.25) is 5.91 Å². The summed E-state index contributed by atoms with van der Waals surface area (Å²) in [6, 6.07) is 6.69. The van der Waals surface area contributed by atoms with Crippen molar-refractivity contribution in [3.05, 3.63) is 34.9 Å². The fraction of sp³-hybridized carbons (Fsp3) is 0.692. The molecule has 1 aromatic carbocycles. The molecule has 34 heavy (non-hydrogen) atoms. The van der Waals surface area contributed by atoms with Crippen LogP contribution in [0.1, 0.15) is 77.1 Å². The van der Waals surface area contributed by atoms with Gasteiger partial charge in [0, 0.05) is 10.6 Å². The summed E-state index contributed by atoms with van der Waals surface area (Å²) in [5.74, 6) is 0.819. The van der Waals surface area contributed by atoms with Gasteiger partial charge in [0.25, 0.3) is 5.91 Å². The van der Waals surface area contributed by atoms with Gasteiger partial charge >= 0.3 is 7.12 Å². The van der Waals surface area contributed by atoms with Crippen molar-refractivity contribution in [1.82, 2.24) is 10.6 Å². The number of benzene rings is 1. The van der Waals surface area contributed by atoms with Gasteiger partial charge in [-0.2, -0.15) is 0 Å². The number of rotatable bonds is 7. The molecule has 184 valence electrons. The monoisotopic (exact) mass is 486 g/mol.